The van der Waals surface area contributed by atoms with Crippen molar-refractivity contribution in [2.24, 2.45) is 11.8 Å². The Balaban J connectivity index is 2.07. The first-order chi connectivity index (χ1) is 12.2. The third kappa shape index (κ3) is 5.28. The van der Waals surface area contributed by atoms with Gasteiger partial charge in [0.15, 0.2) is 0 Å². The van der Waals surface area contributed by atoms with Crippen molar-refractivity contribution in [3.05, 3.63) is 11.6 Å². The van der Waals surface area contributed by atoms with Crippen LogP contribution < -0.4 is 0 Å². The molecule has 26 heavy (non-hydrogen) atoms. The largest absolute Gasteiger partial charge is 0.480 e. The molecule has 1 amide bonds. The third-order valence-corrected chi connectivity index (χ3v) is 7.16. The summed E-state index contributed by atoms with van der Waals surface area (Å²) in [4.78, 5) is 26.2. The highest BCUT2D eigenvalue weighted by Crippen LogP contribution is 2.50. The second-order valence-electron chi connectivity index (χ2n) is 8.65. The van der Waals surface area contributed by atoms with Crippen LogP contribution in [0.4, 0.5) is 0 Å². The lowest BCUT2D eigenvalue weighted by atomic mass is 9.87. The van der Waals surface area contributed by atoms with E-state index in [-0.39, 0.29) is 10.8 Å². The number of aliphatic carboxylic acids is 1. The SMILES string of the molecule is CC(C)CC=C1CCC2(CC1)SCC(C(=O)O)N2C(=O)CCCC(C)C. The standard InChI is InChI=1S/C21H35NO3S/c1-15(2)6-5-7-19(23)22-18(20(24)25)14-26-21(22)12-10-17(11-13-21)9-8-16(3)4/h9,15-16,18H,5-8,10-14H2,1-4H3,(H,24,25). The van der Waals surface area contributed by atoms with Crippen LogP contribution in [0.2, 0.25) is 0 Å². The predicted molar refractivity (Wildman–Crippen MR) is 108 cm³/mol. The van der Waals surface area contributed by atoms with Crippen molar-refractivity contribution in [1.29, 1.82) is 0 Å². The van der Waals surface area contributed by atoms with Crippen LogP contribution in [0.3, 0.4) is 0 Å². The summed E-state index contributed by atoms with van der Waals surface area (Å²) in [5, 5.41) is 9.64. The van der Waals surface area contributed by atoms with E-state index < -0.39 is 12.0 Å². The Morgan fingerprint density at radius 2 is 1.88 bits per heavy atom. The van der Waals surface area contributed by atoms with Crippen molar-refractivity contribution in [1.82, 2.24) is 4.90 Å². The molecule has 1 aliphatic heterocycles. The molecule has 2 fully saturated rings. The summed E-state index contributed by atoms with van der Waals surface area (Å²) in [5.74, 6) is 0.944. The number of carboxylic acids is 1. The molecule has 1 N–H and O–H groups in total. The summed E-state index contributed by atoms with van der Waals surface area (Å²) < 4.78 is 0. The summed E-state index contributed by atoms with van der Waals surface area (Å²) in [6.45, 7) is 8.76. The zero-order chi connectivity index (χ0) is 19.3. The highest BCUT2D eigenvalue weighted by Gasteiger charge is 2.52. The lowest BCUT2D eigenvalue weighted by molar-refractivity contribution is -0.152. The van der Waals surface area contributed by atoms with Gasteiger partial charge in [0.2, 0.25) is 5.91 Å². The van der Waals surface area contributed by atoms with E-state index in [1.807, 2.05) is 0 Å². The lowest BCUT2D eigenvalue weighted by Gasteiger charge is -2.42. The van der Waals surface area contributed by atoms with Crippen molar-refractivity contribution in [2.75, 3.05) is 5.75 Å². The van der Waals surface area contributed by atoms with Gasteiger partial charge in [-0.15, -0.1) is 11.8 Å². The average molecular weight is 382 g/mol. The molecular weight excluding hydrogens is 346 g/mol. The lowest BCUT2D eigenvalue weighted by Crippen LogP contribution is -2.53. The number of allylic oxidation sites excluding steroid dienone is 2. The van der Waals surface area contributed by atoms with Crippen LogP contribution >= 0.6 is 11.8 Å². The normalized spacial score (nSPS) is 26.2. The minimum atomic E-state index is -0.854. The molecule has 0 aromatic rings. The summed E-state index contributed by atoms with van der Waals surface area (Å²) >= 11 is 1.70. The molecule has 1 saturated heterocycles. The summed E-state index contributed by atoms with van der Waals surface area (Å²) in [6.07, 6.45) is 9.55. The molecule has 1 unspecified atom stereocenters. The number of carboxylic acid groups (broad SMARTS) is 1. The maximum absolute atomic E-state index is 12.9. The van der Waals surface area contributed by atoms with Gasteiger partial charge >= 0.3 is 5.97 Å². The Morgan fingerprint density at radius 1 is 1.23 bits per heavy atom. The second kappa shape index (κ2) is 9.29. The van der Waals surface area contributed by atoms with E-state index in [1.165, 1.54) is 5.57 Å². The molecule has 4 nitrogen and oxygen atoms in total. The van der Waals surface area contributed by atoms with Crippen LogP contribution in [0, 0.1) is 11.8 Å². The quantitative estimate of drug-likeness (QED) is 0.625. The first-order valence-corrected chi connectivity index (χ1v) is 11.1. The summed E-state index contributed by atoms with van der Waals surface area (Å²) in [6, 6.07) is -0.659. The van der Waals surface area contributed by atoms with Gasteiger partial charge in [0.05, 0.1) is 4.87 Å². The number of carbonyl (C=O) groups is 2. The average Bonchev–Trinajstić information content (AvgIpc) is 2.93. The first-order valence-electron chi connectivity index (χ1n) is 10.1. The molecule has 0 radical (unpaired) electrons. The zero-order valence-corrected chi connectivity index (χ0v) is 17.6. The minimum absolute atomic E-state index is 0.0395. The van der Waals surface area contributed by atoms with Crippen LogP contribution in [0.15, 0.2) is 11.6 Å². The molecule has 1 heterocycles. The fourth-order valence-corrected chi connectivity index (χ4v) is 5.60. The van der Waals surface area contributed by atoms with Gasteiger partial charge in [-0.2, -0.15) is 0 Å². The van der Waals surface area contributed by atoms with Gasteiger partial charge < -0.3 is 10.0 Å². The monoisotopic (exact) mass is 381 g/mol. The molecule has 5 heteroatoms. The van der Waals surface area contributed by atoms with Gasteiger partial charge in [-0.3, -0.25) is 4.79 Å². The van der Waals surface area contributed by atoms with Gasteiger partial charge in [-0.1, -0.05) is 45.8 Å². The summed E-state index contributed by atoms with van der Waals surface area (Å²) in [7, 11) is 0. The van der Waals surface area contributed by atoms with E-state index in [0.29, 0.717) is 24.0 Å². The highest BCUT2D eigenvalue weighted by atomic mass is 32.2. The molecule has 0 bridgehead atoms. The molecule has 2 aliphatic rings. The molecule has 0 aromatic carbocycles. The highest BCUT2D eigenvalue weighted by molar-refractivity contribution is 8.01. The number of carbonyl (C=O) groups excluding carboxylic acids is 1. The van der Waals surface area contributed by atoms with Crippen molar-refractivity contribution in [3.8, 4) is 0 Å². The number of rotatable bonds is 7. The van der Waals surface area contributed by atoms with E-state index in [9.17, 15) is 14.7 Å². The van der Waals surface area contributed by atoms with Gasteiger partial charge in [-0.25, -0.2) is 4.79 Å². The van der Waals surface area contributed by atoms with Gasteiger partial charge in [-0.05, 0) is 50.4 Å². The molecule has 2 rings (SSSR count). The number of hydrogen-bond acceptors (Lipinski definition) is 3. The van der Waals surface area contributed by atoms with E-state index >= 15 is 0 Å². The van der Waals surface area contributed by atoms with Crippen molar-refractivity contribution >= 4 is 23.6 Å². The van der Waals surface area contributed by atoms with E-state index in [0.717, 1.165) is 44.9 Å². The molecule has 1 saturated carbocycles. The Labute approximate surface area is 162 Å². The molecule has 1 aliphatic carbocycles. The second-order valence-corrected chi connectivity index (χ2v) is 10.0. The Morgan fingerprint density at radius 3 is 2.42 bits per heavy atom. The maximum Gasteiger partial charge on any atom is 0.327 e. The minimum Gasteiger partial charge on any atom is -0.480 e. The smallest absolute Gasteiger partial charge is 0.327 e. The zero-order valence-electron chi connectivity index (χ0n) is 16.8. The number of hydrogen-bond donors (Lipinski definition) is 1. The maximum atomic E-state index is 12.9. The van der Waals surface area contributed by atoms with E-state index in [2.05, 4.69) is 33.8 Å². The number of thioether (sulfide) groups is 1. The fourth-order valence-electron chi connectivity index (χ4n) is 3.98. The van der Waals surface area contributed by atoms with Gasteiger partial charge in [0.25, 0.3) is 0 Å². The van der Waals surface area contributed by atoms with E-state index in [1.54, 1.807) is 16.7 Å². The van der Waals surface area contributed by atoms with Crippen LogP contribution in [-0.4, -0.2) is 38.5 Å². The Hall–Kier alpha value is -0.970. The topological polar surface area (TPSA) is 57.6 Å². The third-order valence-electron chi connectivity index (χ3n) is 5.54. The molecular formula is C21H35NO3S. The van der Waals surface area contributed by atoms with Crippen LogP contribution in [0.25, 0.3) is 0 Å². The van der Waals surface area contributed by atoms with Crippen molar-refractivity contribution in [3.63, 3.8) is 0 Å². The van der Waals surface area contributed by atoms with Crippen molar-refractivity contribution in [2.45, 2.75) is 90.0 Å². The summed E-state index contributed by atoms with van der Waals surface area (Å²) in [5.41, 5.74) is 1.48. The molecule has 1 atom stereocenters. The number of amides is 1. The predicted octanol–water partition coefficient (Wildman–Crippen LogP) is 5.08. The Kier molecular flexibility index (Phi) is 7.63. The number of nitrogens with zero attached hydrogens (tertiary/aromatic N) is 1. The van der Waals surface area contributed by atoms with Gasteiger partial charge in [0.1, 0.15) is 6.04 Å². The van der Waals surface area contributed by atoms with Crippen molar-refractivity contribution < 1.29 is 14.7 Å². The molecule has 0 aromatic heterocycles. The van der Waals surface area contributed by atoms with Crippen LogP contribution in [0.5, 0.6) is 0 Å². The first kappa shape index (κ1) is 21.3. The van der Waals surface area contributed by atoms with Crippen LogP contribution in [-0.2, 0) is 9.59 Å². The van der Waals surface area contributed by atoms with Crippen LogP contribution in [0.1, 0.15) is 79.1 Å². The fraction of sp³-hybridized carbons (Fsp3) is 0.810. The van der Waals surface area contributed by atoms with E-state index in [4.69, 9.17) is 0 Å². The Bertz CT molecular complexity index is 531. The molecule has 1 spiro atoms. The van der Waals surface area contributed by atoms with Gasteiger partial charge in [0, 0.05) is 12.2 Å². The molecule has 148 valence electrons.